The first-order valence-corrected chi connectivity index (χ1v) is 9.15. The number of nitrogens with one attached hydrogen (secondary N) is 3. The minimum atomic E-state index is -0.249. The fourth-order valence-electron chi connectivity index (χ4n) is 2.37. The summed E-state index contributed by atoms with van der Waals surface area (Å²) in [5.74, 6) is 0.669. The summed E-state index contributed by atoms with van der Waals surface area (Å²) in [5.41, 5.74) is 1.65. The zero-order valence-corrected chi connectivity index (χ0v) is 19.2. The highest BCUT2D eigenvalue weighted by Crippen LogP contribution is 2.07. The quantitative estimate of drug-likeness (QED) is 0.217. The molecule has 0 radical (unpaired) electrons. The van der Waals surface area contributed by atoms with E-state index in [1.807, 2.05) is 19.1 Å². The lowest BCUT2D eigenvalue weighted by atomic mass is 10.1. The number of furan rings is 1. The van der Waals surface area contributed by atoms with E-state index in [0.717, 1.165) is 12.1 Å². The molecule has 8 nitrogen and oxygen atoms in total. The molecule has 2 aromatic rings. The number of nitrogens with zero attached hydrogens (tertiary/aromatic N) is 2. The van der Waals surface area contributed by atoms with Gasteiger partial charge in [0, 0.05) is 39.3 Å². The maximum Gasteiger partial charge on any atom is 0.287 e. The predicted octanol–water partition coefficient (Wildman–Crippen LogP) is 2.08. The summed E-state index contributed by atoms with van der Waals surface area (Å²) >= 11 is 0. The van der Waals surface area contributed by atoms with Crippen molar-refractivity contribution in [2.24, 2.45) is 4.99 Å². The van der Waals surface area contributed by atoms with E-state index in [1.165, 1.54) is 6.26 Å². The lowest BCUT2D eigenvalue weighted by molar-refractivity contribution is 0.0827. The summed E-state index contributed by atoms with van der Waals surface area (Å²) in [6.45, 7) is 4.14. The minimum Gasteiger partial charge on any atom is -0.459 e. The fraction of sp³-hybridized carbons (Fsp3) is 0.350. The molecule has 0 aliphatic heterocycles. The van der Waals surface area contributed by atoms with E-state index in [9.17, 15) is 9.59 Å². The highest BCUT2D eigenvalue weighted by molar-refractivity contribution is 14.0. The van der Waals surface area contributed by atoms with Crippen LogP contribution in [0.3, 0.4) is 0 Å². The van der Waals surface area contributed by atoms with E-state index < -0.39 is 0 Å². The number of halogens is 1. The number of amides is 2. The molecule has 1 aromatic heterocycles. The van der Waals surface area contributed by atoms with Crippen LogP contribution in [-0.4, -0.2) is 56.4 Å². The smallest absolute Gasteiger partial charge is 0.287 e. The SMILES string of the molecule is CCNC(=NCc1ccc(C(=O)N(C)C)cc1)NCCNC(=O)c1ccco1.I. The first-order chi connectivity index (χ1) is 13.5. The second-order valence-electron chi connectivity index (χ2n) is 6.25. The van der Waals surface area contributed by atoms with Gasteiger partial charge in [0.25, 0.3) is 11.8 Å². The molecule has 1 aromatic carbocycles. The van der Waals surface area contributed by atoms with Gasteiger partial charge in [-0.25, -0.2) is 4.99 Å². The van der Waals surface area contributed by atoms with Crippen LogP contribution in [0.15, 0.2) is 52.1 Å². The molecule has 0 aliphatic rings. The number of hydrogen-bond acceptors (Lipinski definition) is 4. The maximum atomic E-state index is 11.9. The third-order valence-corrected chi connectivity index (χ3v) is 3.82. The molecule has 0 saturated carbocycles. The van der Waals surface area contributed by atoms with E-state index in [4.69, 9.17) is 4.42 Å². The maximum absolute atomic E-state index is 11.9. The van der Waals surface area contributed by atoms with Gasteiger partial charge in [-0.3, -0.25) is 9.59 Å². The Bertz CT molecular complexity index is 789. The molecule has 0 saturated heterocycles. The molecule has 0 fully saturated rings. The van der Waals surface area contributed by atoms with Crippen molar-refractivity contribution in [3.05, 3.63) is 59.5 Å². The molecule has 0 bridgehead atoms. The summed E-state index contributed by atoms with van der Waals surface area (Å²) in [6.07, 6.45) is 1.46. The summed E-state index contributed by atoms with van der Waals surface area (Å²) in [4.78, 5) is 29.8. The van der Waals surface area contributed by atoms with Gasteiger partial charge < -0.3 is 25.3 Å². The van der Waals surface area contributed by atoms with Crippen LogP contribution in [0.1, 0.15) is 33.4 Å². The second kappa shape index (κ2) is 12.8. The van der Waals surface area contributed by atoms with E-state index in [-0.39, 0.29) is 41.6 Å². The van der Waals surface area contributed by atoms with E-state index >= 15 is 0 Å². The van der Waals surface area contributed by atoms with Crippen LogP contribution in [0, 0.1) is 0 Å². The van der Waals surface area contributed by atoms with Crippen molar-refractivity contribution in [3.8, 4) is 0 Å². The molecule has 2 rings (SSSR count). The lowest BCUT2D eigenvalue weighted by Crippen LogP contribution is -2.41. The molecule has 0 unspecified atom stereocenters. The molecule has 1 heterocycles. The van der Waals surface area contributed by atoms with Crippen LogP contribution in [0.4, 0.5) is 0 Å². The van der Waals surface area contributed by atoms with E-state index in [1.54, 1.807) is 43.3 Å². The van der Waals surface area contributed by atoms with Gasteiger partial charge in [-0.05, 0) is 36.8 Å². The first kappa shape index (κ1) is 24.5. The van der Waals surface area contributed by atoms with Crippen molar-refractivity contribution in [2.45, 2.75) is 13.5 Å². The zero-order chi connectivity index (χ0) is 20.4. The normalized spacial score (nSPS) is 10.7. The number of carbonyl (C=O) groups excluding carboxylic acids is 2. The summed E-state index contributed by atoms with van der Waals surface area (Å²) < 4.78 is 5.04. The lowest BCUT2D eigenvalue weighted by Gasteiger charge is -2.12. The monoisotopic (exact) mass is 513 g/mol. The molecular weight excluding hydrogens is 485 g/mol. The van der Waals surface area contributed by atoms with Gasteiger partial charge >= 0.3 is 0 Å². The Morgan fingerprint density at radius 2 is 1.72 bits per heavy atom. The van der Waals surface area contributed by atoms with Crippen molar-refractivity contribution in [2.75, 3.05) is 33.7 Å². The van der Waals surface area contributed by atoms with Crippen LogP contribution in [0.25, 0.3) is 0 Å². The molecule has 3 N–H and O–H groups in total. The van der Waals surface area contributed by atoms with Crippen molar-refractivity contribution >= 4 is 41.8 Å². The van der Waals surface area contributed by atoms with Crippen LogP contribution in [0.2, 0.25) is 0 Å². The van der Waals surface area contributed by atoms with Crippen LogP contribution in [-0.2, 0) is 6.54 Å². The summed E-state index contributed by atoms with van der Waals surface area (Å²) in [7, 11) is 3.46. The second-order valence-corrected chi connectivity index (χ2v) is 6.25. The molecule has 0 aliphatic carbocycles. The molecule has 29 heavy (non-hydrogen) atoms. The van der Waals surface area contributed by atoms with Gasteiger partial charge in [0.2, 0.25) is 0 Å². The third kappa shape index (κ3) is 8.14. The Balaban J connectivity index is 0.00000420. The molecular formula is C20H28IN5O3. The Morgan fingerprint density at radius 1 is 1.03 bits per heavy atom. The average molecular weight is 513 g/mol. The Kier molecular flexibility index (Phi) is 10.8. The number of hydrogen-bond donors (Lipinski definition) is 3. The Morgan fingerprint density at radius 3 is 2.31 bits per heavy atom. The van der Waals surface area contributed by atoms with Crippen LogP contribution >= 0.6 is 24.0 Å². The fourth-order valence-corrected chi connectivity index (χ4v) is 2.37. The molecule has 0 atom stereocenters. The van der Waals surface area contributed by atoms with E-state index in [2.05, 4.69) is 20.9 Å². The van der Waals surface area contributed by atoms with Gasteiger partial charge in [-0.15, -0.1) is 24.0 Å². The van der Waals surface area contributed by atoms with Crippen LogP contribution in [0.5, 0.6) is 0 Å². The minimum absolute atomic E-state index is 0. The van der Waals surface area contributed by atoms with Crippen molar-refractivity contribution < 1.29 is 14.0 Å². The molecule has 2 amide bonds. The molecule has 158 valence electrons. The highest BCUT2D eigenvalue weighted by Gasteiger charge is 2.08. The largest absolute Gasteiger partial charge is 0.459 e. The number of aliphatic imine (C=N–C) groups is 1. The molecule has 9 heteroatoms. The number of benzene rings is 1. The summed E-state index contributed by atoms with van der Waals surface area (Å²) in [5, 5.41) is 9.10. The predicted molar refractivity (Wildman–Crippen MR) is 124 cm³/mol. The van der Waals surface area contributed by atoms with Gasteiger partial charge in [0.05, 0.1) is 12.8 Å². The first-order valence-electron chi connectivity index (χ1n) is 9.15. The zero-order valence-electron chi connectivity index (χ0n) is 16.9. The van der Waals surface area contributed by atoms with Crippen molar-refractivity contribution in [1.82, 2.24) is 20.9 Å². The number of carbonyl (C=O) groups is 2. The number of rotatable bonds is 8. The Hall–Kier alpha value is -2.56. The van der Waals surface area contributed by atoms with Gasteiger partial charge in [-0.2, -0.15) is 0 Å². The van der Waals surface area contributed by atoms with Gasteiger partial charge in [0.1, 0.15) is 0 Å². The number of guanidine groups is 1. The standard InChI is InChI=1S/C20H27N5O3.HI/c1-4-21-20(23-12-11-22-18(26)17-6-5-13-28-17)24-14-15-7-9-16(10-8-15)19(27)25(2)3;/h5-10,13H,4,11-12,14H2,1-3H3,(H,22,26)(H2,21,23,24);1H. The van der Waals surface area contributed by atoms with Gasteiger partial charge in [0.15, 0.2) is 11.7 Å². The topological polar surface area (TPSA) is 99.0 Å². The van der Waals surface area contributed by atoms with Gasteiger partial charge in [-0.1, -0.05) is 12.1 Å². The molecule has 0 spiro atoms. The van der Waals surface area contributed by atoms with E-state index in [0.29, 0.717) is 31.2 Å². The third-order valence-electron chi connectivity index (χ3n) is 3.82. The summed E-state index contributed by atoms with van der Waals surface area (Å²) in [6, 6.07) is 10.7. The van der Waals surface area contributed by atoms with Crippen LogP contribution < -0.4 is 16.0 Å². The Labute approximate surface area is 188 Å². The highest BCUT2D eigenvalue weighted by atomic mass is 127. The average Bonchev–Trinajstić information content (AvgIpc) is 3.24. The van der Waals surface area contributed by atoms with Crippen molar-refractivity contribution in [3.63, 3.8) is 0 Å². The van der Waals surface area contributed by atoms with Crippen molar-refractivity contribution in [1.29, 1.82) is 0 Å².